The van der Waals surface area contributed by atoms with Crippen molar-refractivity contribution in [2.45, 2.75) is 6.92 Å². The minimum absolute atomic E-state index is 0.151. The predicted octanol–water partition coefficient (Wildman–Crippen LogP) is 1.33. The fourth-order valence-corrected chi connectivity index (χ4v) is 0.992. The van der Waals surface area contributed by atoms with E-state index in [0.717, 1.165) is 13.0 Å². The molecule has 6 heteroatoms. The maximum atomic E-state index is 10.6. The van der Waals surface area contributed by atoms with Crippen LogP contribution in [0.5, 0.6) is 5.75 Å². The molecular formula is C9H7NO5. The van der Waals surface area contributed by atoms with E-state index in [4.69, 9.17) is 0 Å². The molecule has 0 fully saturated rings. The summed E-state index contributed by atoms with van der Waals surface area (Å²) in [6.45, 7) is 1.14. The first-order valence-corrected chi connectivity index (χ1v) is 3.96. The van der Waals surface area contributed by atoms with Gasteiger partial charge in [-0.15, -0.1) is 0 Å². The number of benzene rings is 1. The van der Waals surface area contributed by atoms with E-state index in [9.17, 15) is 19.7 Å². The zero-order chi connectivity index (χ0) is 11.4. The molecule has 0 bridgehead atoms. The average Bonchev–Trinajstić information content (AvgIpc) is 2.17. The molecule has 0 aromatic heterocycles. The van der Waals surface area contributed by atoms with E-state index in [0.29, 0.717) is 6.29 Å². The van der Waals surface area contributed by atoms with Crippen LogP contribution in [-0.2, 0) is 4.79 Å². The van der Waals surface area contributed by atoms with Gasteiger partial charge in [0, 0.05) is 18.6 Å². The summed E-state index contributed by atoms with van der Waals surface area (Å²) in [5, 5.41) is 10.6. The van der Waals surface area contributed by atoms with Crippen molar-refractivity contribution < 1.29 is 19.2 Å². The van der Waals surface area contributed by atoms with Crippen LogP contribution in [0.1, 0.15) is 17.3 Å². The zero-order valence-corrected chi connectivity index (χ0v) is 7.80. The van der Waals surface area contributed by atoms with Gasteiger partial charge in [0.25, 0.3) is 0 Å². The summed E-state index contributed by atoms with van der Waals surface area (Å²) in [6.07, 6.45) is 0.477. The van der Waals surface area contributed by atoms with Gasteiger partial charge in [-0.2, -0.15) is 0 Å². The molecule has 0 atom stereocenters. The van der Waals surface area contributed by atoms with E-state index in [1.54, 1.807) is 0 Å². The first kappa shape index (κ1) is 10.8. The van der Waals surface area contributed by atoms with Crippen LogP contribution in [0, 0.1) is 10.1 Å². The number of hydrogen-bond donors (Lipinski definition) is 0. The fourth-order valence-electron chi connectivity index (χ4n) is 0.992. The van der Waals surface area contributed by atoms with Crippen LogP contribution in [0.3, 0.4) is 0 Å². The Morgan fingerprint density at radius 3 is 2.67 bits per heavy atom. The quantitative estimate of drug-likeness (QED) is 0.246. The molecule has 0 N–H and O–H groups in total. The third kappa shape index (κ3) is 2.60. The highest BCUT2D eigenvalue weighted by atomic mass is 16.6. The first-order valence-electron chi connectivity index (χ1n) is 3.96. The Labute approximate surface area is 84.6 Å². The molecule has 0 saturated heterocycles. The number of carbonyl (C=O) groups is 2. The van der Waals surface area contributed by atoms with E-state index >= 15 is 0 Å². The van der Waals surface area contributed by atoms with Crippen LogP contribution in [-0.4, -0.2) is 17.2 Å². The van der Waals surface area contributed by atoms with Gasteiger partial charge < -0.3 is 4.74 Å². The number of rotatable bonds is 3. The lowest BCUT2D eigenvalue weighted by Gasteiger charge is -2.02. The van der Waals surface area contributed by atoms with E-state index in [2.05, 4.69) is 4.74 Å². The van der Waals surface area contributed by atoms with Gasteiger partial charge in [-0.1, -0.05) is 0 Å². The normalized spacial score (nSPS) is 9.40. The predicted molar refractivity (Wildman–Crippen MR) is 49.8 cm³/mol. The Kier molecular flexibility index (Phi) is 3.12. The van der Waals surface area contributed by atoms with Crippen LogP contribution < -0.4 is 4.74 Å². The smallest absolute Gasteiger partial charge is 0.312 e. The summed E-state index contributed by atoms with van der Waals surface area (Å²) in [7, 11) is 0. The number of esters is 1. The van der Waals surface area contributed by atoms with Crippen molar-refractivity contribution in [3.63, 3.8) is 0 Å². The topological polar surface area (TPSA) is 86.5 Å². The van der Waals surface area contributed by atoms with E-state index < -0.39 is 16.6 Å². The van der Waals surface area contributed by atoms with Gasteiger partial charge in [0.15, 0.2) is 0 Å². The molecule has 15 heavy (non-hydrogen) atoms. The Bertz CT molecular complexity index is 427. The van der Waals surface area contributed by atoms with Gasteiger partial charge in [0.1, 0.15) is 6.29 Å². The molecule has 0 unspecified atom stereocenters. The maximum absolute atomic E-state index is 10.6. The van der Waals surface area contributed by atoms with Crippen molar-refractivity contribution in [3.05, 3.63) is 33.9 Å². The second-order valence-electron chi connectivity index (χ2n) is 2.70. The van der Waals surface area contributed by atoms with Crippen LogP contribution in [0.4, 0.5) is 5.69 Å². The van der Waals surface area contributed by atoms with Gasteiger partial charge in [-0.25, -0.2) is 0 Å². The highest BCUT2D eigenvalue weighted by molar-refractivity contribution is 5.78. The van der Waals surface area contributed by atoms with Gasteiger partial charge in [0.05, 0.1) is 4.92 Å². The van der Waals surface area contributed by atoms with Gasteiger partial charge in [0.2, 0.25) is 5.75 Å². The molecule has 0 aliphatic heterocycles. The summed E-state index contributed by atoms with van der Waals surface area (Å²) in [6, 6.07) is 3.59. The molecular weight excluding hydrogens is 202 g/mol. The monoisotopic (exact) mass is 209 g/mol. The standard InChI is InChI=1S/C9H7NO5/c1-6(12)15-9-3-2-7(5-11)4-8(9)10(13)14/h2-5H,1H3. The number of aldehydes is 1. The average molecular weight is 209 g/mol. The van der Waals surface area contributed by atoms with Crippen molar-refractivity contribution in [3.8, 4) is 5.75 Å². The van der Waals surface area contributed by atoms with Crippen molar-refractivity contribution in [2.75, 3.05) is 0 Å². The van der Waals surface area contributed by atoms with Gasteiger partial charge in [-0.05, 0) is 12.1 Å². The Morgan fingerprint density at radius 2 is 2.20 bits per heavy atom. The van der Waals surface area contributed by atoms with Crippen molar-refractivity contribution in [1.29, 1.82) is 0 Å². The Hall–Kier alpha value is -2.24. The molecule has 1 aromatic rings. The number of nitro groups is 1. The largest absolute Gasteiger partial charge is 0.419 e. The molecule has 0 aliphatic rings. The Morgan fingerprint density at radius 1 is 1.53 bits per heavy atom. The number of nitro benzene ring substituents is 1. The van der Waals surface area contributed by atoms with Gasteiger partial charge in [-0.3, -0.25) is 19.7 Å². The third-order valence-corrected chi connectivity index (χ3v) is 1.57. The highest BCUT2D eigenvalue weighted by Crippen LogP contribution is 2.27. The SMILES string of the molecule is CC(=O)Oc1ccc(C=O)cc1[N+](=O)[O-]. The summed E-state index contributed by atoms with van der Waals surface area (Å²) in [4.78, 5) is 30.9. The summed E-state index contributed by atoms with van der Waals surface area (Å²) < 4.78 is 4.61. The van der Waals surface area contributed by atoms with Crippen LogP contribution in [0.25, 0.3) is 0 Å². The van der Waals surface area contributed by atoms with E-state index in [1.165, 1.54) is 12.1 Å². The zero-order valence-electron chi connectivity index (χ0n) is 7.80. The minimum Gasteiger partial charge on any atom is -0.419 e. The van der Waals surface area contributed by atoms with E-state index in [-0.39, 0.29) is 11.3 Å². The molecule has 6 nitrogen and oxygen atoms in total. The second-order valence-corrected chi connectivity index (χ2v) is 2.70. The molecule has 78 valence electrons. The molecule has 0 aliphatic carbocycles. The lowest BCUT2D eigenvalue weighted by Crippen LogP contribution is -2.04. The Balaban J connectivity index is 3.20. The summed E-state index contributed by atoms with van der Waals surface area (Å²) in [5.41, 5.74) is -0.257. The van der Waals surface area contributed by atoms with Crippen LogP contribution >= 0.6 is 0 Å². The molecule has 1 aromatic carbocycles. The third-order valence-electron chi connectivity index (χ3n) is 1.57. The number of carbonyl (C=O) groups excluding carboxylic acids is 2. The number of ether oxygens (including phenoxy) is 1. The van der Waals surface area contributed by atoms with Crippen LogP contribution in [0.2, 0.25) is 0 Å². The van der Waals surface area contributed by atoms with Crippen molar-refractivity contribution in [2.24, 2.45) is 0 Å². The molecule has 0 radical (unpaired) electrons. The lowest BCUT2D eigenvalue weighted by atomic mass is 10.2. The highest BCUT2D eigenvalue weighted by Gasteiger charge is 2.17. The molecule has 0 saturated carbocycles. The van der Waals surface area contributed by atoms with Crippen molar-refractivity contribution in [1.82, 2.24) is 0 Å². The number of nitrogens with zero attached hydrogens (tertiary/aromatic N) is 1. The fraction of sp³-hybridized carbons (Fsp3) is 0.111. The maximum Gasteiger partial charge on any atom is 0.312 e. The lowest BCUT2D eigenvalue weighted by molar-refractivity contribution is -0.385. The van der Waals surface area contributed by atoms with E-state index in [1.807, 2.05) is 0 Å². The summed E-state index contributed by atoms with van der Waals surface area (Å²) >= 11 is 0. The second kappa shape index (κ2) is 4.32. The molecule has 0 heterocycles. The van der Waals surface area contributed by atoms with Crippen molar-refractivity contribution >= 4 is 17.9 Å². The minimum atomic E-state index is -0.717. The molecule has 0 amide bonds. The first-order chi connectivity index (χ1) is 7.04. The number of hydrogen-bond acceptors (Lipinski definition) is 5. The molecule has 0 spiro atoms. The summed E-state index contributed by atoms with van der Waals surface area (Å²) in [5.74, 6) is -0.824. The van der Waals surface area contributed by atoms with Gasteiger partial charge >= 0.3 is 11.7 Å². The molecule has 1 rings (SSSR count). The van der Waals surface area contributed by atoms with Crippen LogP contribution in [0.15, 0.2) is 18.2 Å².